The van der Waals surface area contributed by atoms with Crippen molar-refractivity contribution in [3.63, 3.8) is 0 Å². The lowest BCUT2D eigenvalue weighted by Gasteiger charge is -2.07. The van der Waals surface area contributed by atoms with Gasteiger partial charge in [-0.25, -0.2) is 9.37 Å². The average Bonchev–Trinajstić information content (AvgIpc) is 3.13. The molecule has 1 amide bonds. The number of amides is 1. The topological polar surface area (TPSA) is 64.4 Å². The van der Waals surface area contributed by atoms with Crippen LogP contribution in [0.3, 0.4) is 0 Å². The minimum Gasteiger partial charge on any atom is -0.469 e. The Morgan fingerprint density at radius 1 is 1.20 bits per heavy atom. The molecule has 0 fully saturated rings. The molecule has 0 atom stereocenters. The maximum absolute atomic E-state index is 13.1. The van der Waals surface area contributed by atoms with Gasteiger partial charge in [0.1, 0.15) is 17.3 Å². The molecule has 0 radical (unpaired) electrons. The Balaban J connectivity index is 1.46. The molecule has 6 heteroatoms. The van der Waals surface area contributed by atoms with Crippen LogP contribution in [-0.4, -0.2) is 10.9 Å². The molecule has 0 unspecified atom stereocenters. The highest BCUT2D eigenvalue weighted by Crippen LogP contribution is 2.20. The van der Waals surface area contributed by atoms with E-state index < -0.39 is 0 Å². The van der Waals surface area contributed by atoms with Gasteiger partial charge in [0.05, 0.1) is 6.26 Å². The van der Waals surface area contributed by atoms with Crippen molar-refractivity contribution in [1.29, 1.82) is 0 Å². The van der Waals surface area contributed by atoms with Crippen molar-refractivity contribution in [1.82, 2.24) is 10.3 Å². The van der Waals surface area contributed by atoms with Gasteiger partial charge in [0.25, 0.3) is 0 Å². The van der Waals surface area contributed by atoms with Gasteiger partial charge in [-0.2, -0.15) is 0 Å². The summed E-state index contributed by atoms with van der Waals surface area (Å²) in [6.45, 7) is 0.379. The van der Waals surface area contributed by atoms with E-state index in [0.29, 0.717) is 31.0 Å². The zero-order chi connectivity index (χ0) is 17.5. The Morgan fingerprint density at radius 2 is 2.12 bits per heavy atom. The summed E-state index contributed by atoms with van der Waals surface area (Å²) in [7, 11) is 0. The van der Waals surface area contributed by atoms with Crippen LogP contribution in [0.1, 0.15) is 17.7 Å². The summed E-state index contributed by atoms with van der Waals surface area (Å²) in [6, 6.07) is 13.0. The molecular formula is C19H17FN2O3. The van der Waals surface area contributed by atoms with Crippen molar-refractivity contribution in [2.24, 2.45) is 0 Å². The number of rotatable bonds is 7. The SMILES string of the molecule is O=C(CCc1ccco1)NCc1ccc(Oc2cccc(F)c2)nc1. The van der Waals surface area contributed by atoms with Crippen molar-refractivity contribution < 1.29 is 18.3 Å². The first kappa shape index (κ1) is 16.7. The Kier molecular flexibility index (Phi) is 5.41. The quantitative estimate of drug-likeness (QED) is 0.709. The van der Waals surface area contributed by atoms with E-state index in [1.54, 1.807) is 42.8 Å². The van der Waals surface area contributed by atoms with Gasteiger partial charge in [0, 0.05) is 37.7 Å². The average molecular weight is 340 g/mol. The van der Waals surface area contributed by atoms with Crippen LogP contribution in [0.4, 0.5) is 4.39 Å². The van der Waals surface area contributed by atoms with Crippen molar-refractivity contribution in [3.05, 3.63) is 78.1 Å². The summed E-state index contributed by atoms with van der Waals surface area (Å²) >= 11 is 0. The zero-order valence-electron chi connectivity index (χ0n) is 13.4. The highest BCUT2D eigenvalue weighted by atomic mass is 19.1. The molecule has 0 bridgehead atoms. The number of hydrogen-bond acceptors (Lipinski definition) is 4. The smallest absolute Gasteiger partial charge is 0.220 e. The standard InChI is InChI=1S/C19H17FN2O3/c20-15-3-1-4-17(11-15)25-19-9-6-14(13-22-19)12-21-18(23)8-7-16-5-2-10-24-16/h1-6,9-11,13H,7-8,12H2,(H,21,23). The molecule has 3 aromatic rings. The molecule has 0 aliphatic rings. The van der Waals surface area contributed by atoms with E-state index in [9.17, 15) is 9.18 Å². The maximum atomic E-state index is 13.1. The lowest BCUT2D eigenvalue weighted by Crippen LogP contribution is -2.23. The third-order valence-electron chi connectivity index (χ3n) is 3.48. The van der Waals surface area contributed by atoms with Crippen molar-refractivity contribution in [3.8, 4) is 11.6 Å². The molecule has 0 aliphatic carbocycles. The van der Waals surface area contributed by atoms with Crippen molar-refractivity contribution >= 4 is 5.91 Å². The number of aromatic nitrogens is 1. The second-order valence-corrected chi connectivity index (χ2v) is 5.42. The monoisotopic (exact) mass is 340 g/mol. The van der Waals surface area contributed by atoms with Crippen LogP contribution in [0, 0.1) is 5.82 Å². The van der Waals surface area contributed by atoms with Gasteiger partial charge in [-0.1, -0.05) is 12.1 Å². The van der Waals surface area contributed by atoms with Crippen LogP contribution in [-0.2, 0) is 17.8 Å². The number of aryl methyl sites for hydroxylation is 1. The highest BCUT2D eigenvalue weighted by Gasteiger charge is 2.05. The number of hydrogen-bond donors (Lipinski definition) is 1. The zero-order valence-corrected chi connectivity index (χ0v) is 13.4. The largest absolute Gasteiger partial charge is 0.469 e. The molecule has 2 heterocycles. The molecule has 5 nitrogen and oxygen atoms in total. The molecule has 128 valence electrons. The summed E-state index contributed by atoms with van der Waals surface area (Å²) in [6.07, 6.45) is 4.13. The molecule has 0 saturated carbocycles. The minimum absolute atomic E-state index is 0.0588. The summed E-state index contributed by atoms with van der Waals surface area (Å²) in [5.41, 5.74) is 0.845. The number of halogens is 1. The number of nitrogens with zero attached hydrogens (tertiary/aromatic N) is 1. The predicted molar refractivity (Wildman–Crippen MR) is 89.6 cm³/mol. The van der Waals surface area contributed by atoms with Crippen LogP contribution in [0.15, 0.2) is 65.4 Å². The number of ether oxygens (including phenoxy) is 1. The Hall–Kier alpha value is -3.15. The van der Waals surface area contributed by atoms with Gasteiger partial charge in [-0.15, -0.1) is 0 Å². The second-order valence-electron chi connectivity index (χ2n) is 5.42. The number of carbonyl (C=O) groups is 1. The number of nitrogens with one attached hydrogen (secondary N) is 1. The third-order valence-corrected chi connectivity index (χ3v) is 3.48. The fourth-order valence-electron chi connectivity index (χ4n) is 2.21. The summed E-state index contributed by atoms with van der Waals surface area (Å²) < 4.78 is 23.8. The van der Waals surface area contributed by atoms with Crippen LogP contribution in [0.25, 0.3) is 0 Å². The van der Waals surface area contributed by atoms with Crippen LogP contribution >= 0.6 is 0 Å². The normalized spacial score (nSPS) is 10.4. The minimum atomic E-state index is -0.369. The molecule has 25 heavy (non-hydrogen) atoms. The van der Waals surface area contributed by atoms with E-state index >= 15 is 0 Å². The predicted octanol–water partition coefficient (Wildman–Crippen LogP) is 3.86. The van der Waals surface area contributed by atoms with E-state index in [1.165, 1.54) is 12.1 Å². The first-order valence-electron chi connectivity index (χ1n) is 7.86. The highest BCUT2D eigenvalue weighted by molar-refractivity contribution is 5.76. The van der Waals surface area contributed by atoms with E-state index in [2.05, 4.69) is 10.3 Å². The fraction of sp³-hybridized carbons (Fsp3) is 0.158. The third kappa shape index (κ3) is 5.17. The van der Waals surface area contributed by atoms with E-state index in [1.807, 2.05) is 6.07 Å². The van der Waals surface area contributed by atoms with Gasteiger partial charge < -0.3 is 14.5 Å². The Morgan fingerprint density at radius 3 is 2.84 bits per heavy atom. The number of carbonyl (C=O) groups excluding carboxylic acids is 1. The van der Waals surface area contributed by atoms with Crippen LogP contribution in [0.5, 0.6) is 11.6 Å². The summed E-state index contributed by atoms with van der Waals surface area (Å²) in [5.74, 6) is 1.10. The molecule has 0 aliphatic heterocycles. The number of benzene rings is 1. The lowest BCUT2D eigenvalue weighted by molar-refractivity contribution is -0.121. The molecule has 2 aromatic heterocycles. The first-order valence-corrected chi connectivity index (χ1v) is 7.86. The second kappa shape index (κ2) is 8.10. The number of furan rings is 1. The van der Waals surface area contributed by atoms with Crippen molar-refractivity contribution in [2.45, 2.75) is 19.4 Å². The Bertz CT molecular complexity index is 817. The molecule has 0 saturated heterocycles. The first-order chi connectivity index (χ1) is 12.2. The number of pyridine rings is 1. The van der Waals surface area contributed by atoms with Crippen LogP contribution < -0.4 is 10.1 Å². The summed E-state index contributed by atoms with van der Waals surface area (Å²) in [4.78, 5) is 16.0. The van der Waals surface area contributed by atoms with Gasteiger partial charge in [-0.3, -0.25) is 4.79 Å². The molecule has 0 spiro atoms. The Labute approximate surface area is 144 Å². The maximum Gasteiger partial charge on any atom is 0.220 e. The molecule has 1 N–H and O–H groups in total. The van der Waals surface area contributed by atoms with E-state index in [4.69, 9.17) is 9.15 Å². The summed E-state index contributed by atoms with van der Waals surface area (Å²) in [5, 5.41) is 2.83. The van der Waals surface area contributed by atoms with Gasteiger partial charge in [-0.05, 0) is 29.8 Å². The molecule has 1 aromatic carbocycles. The lowest BCUT2D eigenvalue weighted by atomic mass is 10.2. The van der Waals surface area contributed by atoms with E-state index in [-0.39, 0.29) is 11.7 Å². The van der Waals surface area contributed by atoms with Gasteiger partial charge in [0.15, 0.2) is 0 Å². The van der Waals surface area contributed by atoms with Gasteiger partial charge >= 0.3 is 0 Å². The van der Waals surface area contributed by atoms with Crippen molar-refractivity contribution in [2.75, 3.05) is 0 Å². The molecule has 3 rings (SSSR count). The van der Waals surface area contributed by atoms with Gasteiger partial charge in [0.2, 0.25) is 11.8 Å². The molecular weight excluding hydrogens is 323 g/mol. The fourth-order valence-corrected chi connectivity index (χ4v) is 2.21. The van der Waals surface area contributed by atoms with Crippen LogP contribution in [0.2, 0.25) is 0 Å². The van der Waals surface area contributed by atoms with E-state index in [0.717, 1.165) is 11.3 Å².